The van der Waals surface area contributed by atoms with Gasteiger partial charge in [0, 0.05) is 24.7 Å². The lowest BCUT2D eigenvalue weighted by atomic mass is 10.1. The first kappa shape index (κ1) is 10.7. The first-order valence-corrected chi connectivity index (χ1v) is 6.08. The van der Waals surface area contributed by atoms with Crippen molar-refractivity contribution in [3.8, 4) is 5.75 Å². The maximum atomic E-state index is 14.0. The number of ether oxygens (including phenoxy) is 1. The molecule has 17 heavy (non-hydrogen) atoms. The van der Waals surface area contributed by atoms with Crippen LogP contribution in [-0.2, 0) is 0 Å². The van der Waals surface area contributed by atoms with Crippen LogP contribution in [0.3, 0.4) is 0 Å². The van der Waals surface area contributed by atoms with Crippen LogP contribution < -0.4 is 15.4 Å². The highest BCUT2D eigenvalue weighted by molar-refractivity contribution is 5.64. The maximum Gasteiger partial charge on any atom is 0.148 e. The Labute approximate surface area is 100 Å². The van der Waals surface area contributed by atoms with Crippen LogP contribution in [0.25, 0.3) is 0 Å². The zero-order chi connectivity index (χ0) is 12.0. The van der Waals surface area contributed by atoms with Crippen molar-refractivity contribution >= 4 is 11.4 Å². The molecule has 1 aromatic carbocycles. The molecule has 92 valence electrons. The van der Waals surface area contributed by atoms with Crippen molar-refractivity contribution in [3.05, 3.63) is 17.9 Å². The maximum absolute atomic E-state index is 14.0. The summed E-state index contributed by atoms with van der Waals surface area (Å²) in [6.45, 7) is 0.967. The van der Waals surface area contributed by atoms with E-state index in [-0.39, 0.29) is 5.82 Å². The van der Waals surface area contributed by atoms with Crippen LogP contribution in [0.15, 0.2) is 12.1 Å². The van der Waals surface area contributed by atoms with Crippen molar-refractivity contribution in [2.75, 3.05) is 24.3 Å². The summed E-state index contributed by atoms with van der Waals surface area (Å²) in [5.41, 5.74) is 6.69. The summed E-state index contributed by atoms with van der Waals surface area (Å²) < 4.78 is 19.1. The Morgan fingerprint density at radius 3 is 2.82 bits per heavy atom. The van der Waals surface area contributed by atoms with Gasteiger partial charge in [-0.2, -0.15) is 0 Å². The van der Waals surface area contributed by atoms with E-state index >= 15 is 0 Å². The van der Waals surface area contributed by atoms with Gasteiger partial charge in [-0.1, -0.05) is 0 Å². The number of benzene rings is 1. The lowest BCUT2D eigenvalue weighted by molar-refractivity contribution is 0.415. The van der Waals surface area contributed by atoms with E-state index in [0.29, 0.717) is 23.2 Å². The number of piperidine rings is 1. The number of fused-ring (bicyclic) bond motifs is 2. The third kappa shape index (κ3) is 1.63. The molecule has 2 unspecified atom stereocenters. The molecule has 2 fully saturated rings. The van der Waals surface area contributed by atoms with Gasteiger partial charge >= 0.3 is 0 Å². The second-order valence-corrected chi connectivity index (χ2v) is 5.03. The van der Waals surface area contributed by atoms with Gasteiger partial charge in [-0.25, -0.2) is 4.39 Å². The number of hydrogen-bond acceptors (Lipinski definition) is 3. The van der Waals surface area contributed by atoms with E-state index in [1.807, 2.05) is 0 Å². The quantitative estimate of drug-likeness (QED) is 0.801. The minimum absolute atomic E-state index is 0.240. The van der Waals surface area contributed by atoms with Crippen molar-refractivity contribution in [2.24, 2.45) is 5.92 Å². The average Bonchev–Trinajstić information content (AvgIpc) is 2.91. The lowest BCUT2D eigenvalue weighted by Gasteiger charge is -2.29. The molecule has 3 rings (SSSR count). The van der Waals surface area contributed by atoms with Crippen molar-refractivity contribution in [1.29, 1.82) is 0 Å². The Balaban J connectivity index is 1.97. The van der Waals surface area contributed by atoms with Crippen LogP contribution >= 0.6 is 0 Å². The van der Waals surface area contributed by atoms with Crippen molar-refractivity contribution in [1.82, 2.24) is 0 Å². The number of methoxy groups -OCH3 is 1. The van der Waals surface area contributed by atoms with Gasteiger partial charge in [0.25, 0.3) is 0 Å². The molecule has 1 saturated carbocycles. The fraction of sp³-hybridized carbons (Fsp3) is 0.538. The Morgan fingerprint density at radius 1 is 1.41 bits per heavy atom. The first-order valence-electron chi connectivity index (χ1n) is 6.08. The van der Waals surface area contributed by atoms with E-state index in [4.69, 9.17) is 10.5 Å². The average molecular weight is 236 g/mol. The number of halogens is 1. The van der Waals surface area contributed by atoms with E-state index in [1.54, 1.807) is 13.2 Å². The summed E-state index contributed by atoms with van der Waals surface area (Å²) >= 11 is 0. The second-order valence-electron chi connectivity index (χ2n) is 5.03. The largest absolute Gasteiger partial charge is 0.495 e. The minimum atomic E-state index is -0.240. The predicted octanol–water partition coefficient (Wildman–Crippen LogP) is 2.41. The fourth-order valence-corrected chi connectivity index (χ4v) is 3.17. The zero-order valence-electron chi connectivity index (χ0n) is 9.95. The molecular weight excluding hydrogens is 219 g/mol. The van der Waals surface area contributed by atoms with Crippen LogP contribution in [0, 0.1) is 11.7 Å². The summed E-state index contributed by atoms with van der Waals surface area (Å²) in [5.74, 6) is 1.06. The van der Waals surface area contributed by atoms with Gasteiger partial charge in [0.05, 0.1) is 18.5 Å². The molecule has 2 atom stereocenters. The van der Waals surface area contributed by atoms with E-state index in [0.717, 1.165) is 12.5 Å². The number of rotatable bonds is 2. The molecule has 2 bridgehead atoms. The number of nitrogen functional groups attached to an aromatic ring is 1. The highest BCUT2D eigenvalue weighted by atomic mass is 19.1. The summed E-state index contributed by atoms with van der Waals surface area (Å²) in [6, 6.07) is 3.59. The topological polar surface area (TPSA) is 38.5 Å². The van der Waals surface area contributed by atoms with Crippen LogP contribution in [-0.4, -0.2) is 19.7 Å². The van der Waals surface area contributed by atoms with E-state index in [2.05, 4.69) is 4.90 Å². The Hall–Kier alpha value is -1.45. The SMILES string of the molecule is COc1cc(N2CC3CCC2C3)c(F)cc1N. The molecule has 1 heterocycles. The van der Waals surface area contributed by atoms with Crippen LogP contribution in [0.5, 0.6) is 5.75 Å². The normalized spacial score (nSPS) is 26.6. The molecule has 2 aliphatic rings. The molecule has 1 aliphatic carbocycles. The zero-order valence-corrected chi connectivity index (χ0v) is 9.95. The molecule has 0 spiro atoms. The van der Waals surface area contributed by atoms with Gasteiger partial charge in [-0.3, -0.25) is 0 Å². The number of nitrogens with two attached hydrogens (primary N) is 1. The van der Waals surface area contributed by atoms with Crippen molar-refractivity contribution in [3.63, 3.8) is 0 Å². The molecular formula is C13H17FN2O. The van der Waals surface area contributed by atoms with Gasteiger partial charge in [0.2, 0.25) is 0 Å². The smallest absolute Gasteiger partial charge is 0.148 e. The molecule has 1 aliphatic heterocycles. The number of nitrogens with zero attached hydrogens (tertiary/aromatic N) is 1. The Kier molecular flexibility index (Phi) is 2.38. The van der Waals surface area contributed by atoms with Crippen LogP contribution in [0.4, 0.5) is 15.8 Å². The van der Waals surface area contributed by atoms with Crippen molar-refractivity contribution < 1.29 is 9.13 Å². The second kappa shape index (κ2) is 3.79. The monoisotopic (exact) mass is 236 g/mol. The van der Waals surface area contributed by atoms with E-state index < -0.39 is 0 Å². The van der Waals surface area contributed by atoms with Gasteiger partial charge in [0.1, 0.15) is 11.6 Å². The Morgan fingerprint density at radius 2 is 2.24 bits per heavy atom. The summed E-state index contributed by atoms with van der Waals surface area (Å²) in [4.78, 5) is 2.17. The molecule has 2 N–H and O–H groups in total. The van der Waals surface area contributed by atoms with E-state index in [9.17, 15) is 4.39 Å². The van der Waals surface area contributed by atoms with Gasteiger partial charge in [-0.05, 0) is 25.2 Å². The Bertz CT molecular complexity index is 449. The number of anilines is 2. The molecule has 4 heteroatoms. The van der Waals surface area contributed by atoms with Crippen LogP contribution in [0.1, 0.15) is 19.3 Å². The third-order valence-electron chi connectivity index (χ3n) is 4.02. The molecule has 3 nitrogen and oxygen atoms in total. The molecule has 1 saturated heterocycles. The van der Waals surface area contributed by atoms with Gasteiger partial charge < -0.3 is 15.4 Å². The first-order chi connectivity index (χ1) is 8.19. The molecule has 0 radical (unpaired) electrons. The summed E-state index contributed by atoms with van der Waals surface area (Å²) in [5, 5.41) is 0. The number of hydrogen-bond donors (Lipinski definition) is 1. The van der Waals surface area contributed by atoms with Gasteiger partial charge in [-0.15, -0.1) is 0 Å². The minimum Gasteiger partial charge on any atom is -0.495 e. The molecule has 1 aromatic rings. The summed E-state index contributed by atoms with van der Waals surface area (Å²) in [6.07, 6.45) is 3.66. The van der Waals surface area contributed by atoms with E-state index in [1.165, 1.54) is 25.3 Å². The van der Waals surface area contributed by atoms with Crippen molar-refractivity contribution in [2.45, 2.75) is 25.3 Å². The predicted molar refractivity (Wildman–Crippen MR) is 65.8 cm³/mol. The van der Waals surface area contributed by atoms with Gasteiger partial charge in [0.15, 0.2) is 0 Å². The lowest BCUT2D eigenvalue weighted by Crippen LogP contribution is -2.32. The highest BCUT2D eigenvalue weighted by Crippen LogP contribution is 2.42. The highest BCUT2D eigenvalue weighted by Gasteiger charge is 2.38. The fourth-order valence-electron chi connectivity index (χ4n) is 3.17. The summed E-state index contributed by atoms with van der Waals surface area (Å²) in [7, 11) is 1.56. The third-order valence-corrected chi connectivity index (χ3v) is 4.02. The molecule has 0 amide bonds. The standard InChI is InChI=1S/C13H17FN2O/c1-17-13-6-12(10(14)5-11(13)15)16-7-8-2-3-9(16)4-8/h5-6,8-9H,2-4,7,15H2,1H3. The van der Waals surface area contributed by atoms with Crippen LogP contribution in [0.2, 0.25) is 0 Å². The molecule has 0 aromatic heterocycles.